The molecule has 0 saturated heterocycles. The number of halogens is 1. The van der Waals surface area contributed by atoms with Crippen LogP contribution < -0.4 is 19.5 Å². The van der Waals surface area contributed by atoms with Crippen molar-refractivity contribution in [2.75, 3.05) is 20.0 Å². The number of carbonyl (C=O) groups excluding carboxylic acids is 1. The first kappa shape index (κ1) is 26.6. The number of ether oxygens (including phenoxy) is 2. The summed E-state index contributed by atoms with van der Waals surface area (Å²) in [6.45, 7) is 5.47. The van der Waals surface area contributed by atoms with Gasteiger partial charge in [0, 0.05) is 32.6 Å². The lowest BCUT2D eigenvalue weighted by Gasteiger charge is -2.28. The number of methoxy groups -OCH3 is 1. The van der Waals surface area contributed by atoms with E-state index in [4.69, 9.17) is 21.1 Å². The Bertz CT molecular complexity index is 1130. The highest BCUT2D eigenvalue weighted by Gasteiger charge is 2.29. The molecular weight excluding hydrogens is 460 g/mol. The van der Waals surface area contributed by atoms with E-state index in [2.05, 4.69) is 27.8 Å². The molecule has 0 saturated carbocycles. The minimum atomic E-state index is -2.52. The maximum absolute atomic E-state index is 12.6. The molecule has 2 aromatic carbocycles. The van der Waals surface area contributed by atoms with Gasteiger partial charge in [0.05, 0.1) is 7.11 Å². The lowest BCUT2D eigenvalue weighted by molar-refractivity contribution is -0.126. The van der Waals surface area contributed by atoms with Crippen LogP contribution in [0.1, 0.15) is 31.9 Å². The van der Waals surface area contributed by atoms with Gasteiger partial charge in [-0.3, -0.25) is 9.00 Å². The molecule has 2 N–H and O–H groups in total. The molecule has 178 valence electrons. The van der Waals surface area contributed by atoms with Crippen LogP contribution in [-0.4, -0.2) is 47.5 Å². The van der Waals surface area contributed by atoms with E-state index in [-0.39, 0.29) is 18.6 Å². The van der Waals surface area contributed by atoms with Crippen LogP contribution in [0, 0.1) is 11.8 Å². The van der Waals surface area contributed by atoms with E-state index >= 15 is 0 Å². The molecule has 8 heteroatoms. The molecule has 0 heterocycles. The van der Waals surface area contributed by atoms with Crippen LogP contribution in [0.25, 0.3) is 0 Å². The third-order valence-electron chi connectivity index (χ3n) is 4.56. The van der Waals surface area contributed by atoms with E-state index in [1.807, 2.05) is 37.3 Å². The molecule has 0 fully saturated rings. The number of rotatable bonds is 9. The summed E-state index contributed by atoms with van der Waals surface area (Å²) in [6, 6.07) is 12.7. The molecule has 0 aliphatic carbocycles. The van der Waals surface area contributed by atoms with Crippen LogP contribution in [0.3, 0.4) is 0 Å². The maximum atomic E-state index is 12.6. The van der Waals surface area contributed by atoms with Crippen LogP contribution in [0.4, 0.5) is 0 Å². The monoisotopic (exact) mass is 490 g/mol. The summed E-state index contributed by atoms with van der Waals surface area (Å²) in [5.41, 5.74) is 0.822. The zero-order valence-electron chi connectivity index (χ0n) is 19.7. The lowest BCUT2D eigenvalue weighted by Crippen LogP contribution is -2.56. The van der Waals surface area contributed by atoms with Crippen molar-refractivity contribution in [2.24, 2.45) is 0 Å². The number of carbonyl (C=O) groups is 1. The van der Waals surface area contributed by atoms with Gasteiger partial charge < -0.3 is 14.8 Å². The molecule has 0 aliphatic rings. The van der Waals surface area contributed by atoms with Crippen molar-refractivity contribution in [2.45, 2.75) is 38.8 Å². The van der Waals surface area contributed by atoms with E-state index in [0.29, 0.717) is 22.9 Å². The summed E-state index contributed by atoms with van der Waals surface area (Å²) < 4.78 is 25.9. The number of benzene rings is 2. The van der Waals surface area contributed by atoms with Gasteiger partial charge in [-0.15, -0.1) is 0 Å². The van der Waals surface area contributed by atoms with Crippen molar-refractivity contribution >= 4 is 33.1 Å². The average molecular weight is 491 g/mol. The van der Waals surface area contributed by atoms with E-state index in [1.165, 1.54) is 6.26 Å². The first-order valence-electron chi connectivity index (χ1n) is 10.4. The molecule has 2 unspecified atom stereocenters. The molecule has 0 spiro atoms. The Hall–Kier alpha value is -2.66. The normalized spacial score (nSPS) is 13.8. The van der Waals surface area contributed by atoms with Gasteiger partial charge in [-0.25, -0.2) is 4.72 Å². The molecule has 0 aromatic heterocycles. The molecule has 0 aliphatic heterocycles. The van der Waals surface area contributed by atoms with E-state index in [1.54, 1.807) is 33.1 Å². The van der Waals surface area contributed by atoms with Crippen molar-refractivity contribution in [3.05, 3.63) is 58.6 Å². The first-order chi connectivity index (χ1) is 15.4. The standard InChI is InChI=1S/C25H31ClN2O4S/c1-18(27-24(29)25(2,3)28-33(5,6)30)16-20-11-14-22(23(17-20)31-4)32-15-7-8-19-9-12-21(26)13-10-19/h9-14,17-18H,5,15-16H2,1-4,6H3,(H,27,29)(H,28,30). The average Bonchev–Trinajstić information content (AvgIpc) is 2.71. The summed E-state index contributed by atoms with van der Waals surface area (Å²) in [6.07, 6.45) is 2.05. The molecule has 33 heavy (non-hydrogen) atoms. The molecule has 0 bridgehead atoms. The second-order valence-corrected chi connectivity index (χ2v) is 11.0. The van der Waals surface area contributed by atoms with Crippen LogP contribution >= 0.6 is 11.6 Å². The minimum absolute atomic E-state index is 0.155. The number of amides is 1. The van der Waals surface area contributed by atoms with Gasteiger partial charge in [0.15, 0.2) is 11.5 Å². The molecule has 2 aromatic rings. The van der Waals surface area contributed by atoms with Gasteiger partial charge in [-0.1, -0.05) is 29.5 Å². The second kappa shape index (κ2) is 11.5. The summed E-state index contributed by atoms with van der Waals surface area (Å²) in [4.78, 5) is 12.6. The number of nitrogens with one attached hydrogen (secondary N) is 2. The Morgan fingerprint density at radius 1 is 1.21 bits per heavy atom. The highest BCUT2D eigenvalue weighted by atomic mass is 35.5. The Balaban J connectivity index is 1.97. The molecule has 0 radical (unpaired) electrons. The van der Waals surface area contributed by atoms with E-state index in [0.717, 1.165) is 11.1 Å². The van der Waals surface area contributed by atoms with Crippen LogP contribution in [0.2, 0.25) is 5.02 Å². The fourth-order valence-electron chi connectivity index (χ4n) is 3.14. The van der Waals surface area contributed by atoms with E-state index < -0.39 is 15.2 Å². The SMILES string of the molecule is C=S(C)(=O)NC(C)(C)C(=O)NC(C)Cc1ccc(OCC#Cc2ccc(Cl)cc2)c(OC)c1. The summed E-state index contributed by atoms with van der Waals surface area (Å²) >= 11 is 5.88. The van der Waals surface area contributed by atoms with Gasteiger partial charge in [0.2, 0.25) is 5.91 Å². The van der Waals surface area contributed by atoms with Gasteiger partial charge in [-0.05, 0) is 75.0 Å². The second-order valence-electron chi connectivity index (χ2n) is 8.39. The number of hydrogen-bond donors (Lipinski definition) is 2. The van der Waals surface area contributed by atoms with Crippen molar-refractivity contribution in [1.82, 2.24) is 10.0 Å². The predicted molar refractivity (Wildman–Crippen MR) is 137 cm³/mol. The minimum Gasteiger partial charge on any atom is -0.493 e. The zero-order valence-corrected chi connectivity index (χ0v) is 21.2. The van der Waals surface area contributed by atoms with Crippen LogP contribution in [0.15, 0.2) is 42.5 Å². The van der Waals surface area contributed by atoms with Crippen molar-refractivity contribution < 1.29 is 18.5 Å². The third kappa shape index (κ3) is 9.01. The summed E-state index contributed by atoms with van der Waals surface area (Å²) in [5.74, 6) is 10.5. The Kier molecular flexibility index (Phi) is 9.24. The van der Waals surface area contributed by atoms with Crippen molar-refractivity contribution in [3.8, 4) is 23.3 Å². The molecule has 2 atom stereocenters. The third-order valence-corrected chi connectivity index (χ3v) is 5.76. The summed E-state index contributed by atoms with van der Waals surface area (Å²) in [7, 11) is -0.944. The fourth-order valence-corrected chi connectivity index (χ4v) is 4.44. The molecule has 6 nitrogen and oxygen atoms in total. The predicted octanol–water partition coefficient (Wildman–Crippen LogP) is 3.46. The first-order valence-corrected chi connectivity index (χ1v) is 12.9. The van der Waals surface area contributed by atoms with Gasteiger partial charge in [0.1, 0.15) is 12.1 Å². The Morgan fingerprint density at radius 2 is 1.88 bits per heavy atom. The Labute approximate surface area is 202 Å². The van der Waals surface area contributed by atoms with Gasteiger partial charge in [0.25, 0.3) is 0 Å². The van der Waals surface area contributed by atoms with Crippen molar-refractivity contribution in [1.29, 1.82) is 0 Å². The Morgan fingerprint density at radius 3 is 2.48 bits per heavy atom. The largest absolute Gasteiger partial charge is 0.493 e. The molecule has 1 amide bonds. The lowest BCUT2D eigenvalue weighted by atomic mass is 10.0. The van der Waals surface area contributed by atoms with Crippen LogP contribution in [-0.2, 0) is 20.9 Å². The fraction of sp³-hybridized carbons (Fsp3) is 0.360. The van der Waals surface area contributed by atoms with Crippen LogP contribution in [0.5, 0.6) is 11.5 Å². The van der Waals surface area contributed by atoms with E-state index in [9.17, 15) is 9.00 Å². The molecule has 2 rings (SSSR count). The highest BCUT2D eigenvalue weighted by Crippen LogP contribution is 2.28. The smallest absolute Gasteiger partial charge is 0.240 e. The summed E-state index contributed by atoms with van der Waals surface area (Å²) in [5, 5.41) is 3.62. The van der Waals surface area contributed by atoms with Gasteiger partial charge in [-0.2, -0.15) is 0 Å². The number of hydrogen-bond acceptors (Lipinski definition) is 4. The maximum Gasteiger partial charge on any atom is 0.240 e. The molecular formula is C25H31ClN2O4S. The quantitative estimate of drug-likeness (QED) is 0.417. The topological polar surface area (TPSA) is 76.7 Å². The van der Waals surface area contributed by atoms with Gasteiger partial charge >= 0.3 is 0 Å². The highest BCUT2D eigenvalue weighted by molar-refractivity contribution is 7.97. The zero-order chi connectivity index (χ0) is 24.6. The van der Waals surface area contributed by atoms with Crippen molar-refractivity contribution in [3.63, 3.8) is 0 Å².